The summed E-state index contributed by atoms with van der Waals surface area (Å²) in [6.45, 7) is 1.43. The lowest BCUT2D eigenvalue weighted by Gasteiger charge is -2.16. The van der Waals surface area contributed by atoms with E-state index >= 15 is 0 Å². The summed E-state index contributed by atoms with van der Waals surface area (Å²) in [5.74, 6) is 1.38. The van der Waals surface area contributed by atoms with Crippen LogP contribution in [0.5, 0.6) is 5.75 Å². The second-order valence-corrected chi connectivity index (χ2v) is 7.88. The molecule has 8 nitrogen and oxygen atoms in total. The maximum atomic E-state index is 13.4. The zero-order chi connectivity index (χ0) is 21.7. The molecule has 0 saturated carbocycles. The molecule has 0 fully saturated rings. The number of rotatable bonds is 4. The Morgan fingerprint density at radius 1 is 1.10 bits per heavy atom. The van der Waals surface area contributed by atoms with Crippen LogP contribution in [0.2, 0.25) is 5.02 Å². The molecule has 2 aromatic heterocycles. The maximum Gasteiger partial charge on any atom is 0.332 e. The van der Waals surface area contributed by atoms with Gasteiger partial charge in [0.2, 0.25) is 5.95 Å². The molecule has 0 radical (unpaired) electrons. The zero-order valence-electron chi connectivity index (χ0n) is 17.1. The largest absolute Gasteiger partial charge is 0.497 e. The number of nitrogens with zero attached hydrogens (tertiary/aromatic N) is 5. The van der Waals surface area contributed by atoms with Gasteiger partial charge in [-0.05, 0) is 29.8 Å². The Morgan fingerprint density at radius 3 is 2.61 bits per heavy atom. The van der Waals surface area contributed by atoms with Crippen LogP contribution in [0.3, 0.4) is 0 Å². The summed E-state index contributed by atoms with van der Waals surface area (Å²) in [5.41, 5.74) is 1.79. The predicted octanol–water partition coefficient (Wildman–Crippen LogP) is 2.76. The van der Waals surface area contributed by atoms with E-state index in [-0.39, 0.29) is 12.1 Å². The van der Waals surface area contributed by atoms with Crippen molar-refractivity contribution in [3.05, 3.63) is 80.0 Å². The van der Waals surface area contributed by atoms with Crippen molar-refractivity contribution in [2.45, 2.75) is 13.1 Å². The van der Waals surface area contributed by atoms with Gasteiger partial charge in [0.05, 0.1) is 13.7 Å². The summed E-state index contributed by atoms with van der Waals surface area (Å²) in [6, 6.07) is 14.8. The number of hydrogen-bond donors (Lipinski definition) is 0. The molecule has 0 unspecified atom stereocenters. The summed E-state index contributed by atoms with van der Waals surface area (Å²) >= 11 is 5.95. The highest BCUT2D eigenvalue weighted by Gasteiger charge is 2.29. The molecule has 4 aromatic rings. The highest BCUT2D eigenvalue weighted by Crippen LogP contribution is 2.33. The van der Waals surface area contributed by atoms with Crippen molar-refractivity contribution < 1.29 is 4.74 Å². The van der Waals surface area contributed by atoms with Gasteiger partial charge in [0, 0.05) is 36.9 Å². The number of imidazole rings is 1. The van der Waals surface area contributed by atoms with Crippen LogP contribution in [0, 0.1) is 0 Å². The highest BCUT2D eigenvalue weighted by atomic mass is 35.5. The Balaban J connectivity index is 1.65. The first-order valence-corrected chi connectivity index (χ1v) is 10.2. The molecule has 0 N–H and O–H groups in total. The van der Waals surface area contributed by atoms with E-state index in [9.17, 15) is 9.59 Å². The number of benzene rings is 2. The second kappa shape index (κ2) is 7.31. The monoisotopic (exact) mass is 437 g/mol. The normalized spacial score (nSPS) is 13.1. The van der Waals surface area contributed by atoms with E-state index in [4.69, 9.17) is 16.3 Å². The number of ether oxygens (including phenoxy) is 1. The summed E-state index contributed by atoms with van der Waals surface area (Å²) in [7, 11) is 3.26. The third-order valence-corrected chi connectivity index (χ3v) is 5.87. The Labute approximate surface area is 182 Å². The van der Waals surface area contributed by atoms with Crippen molar-refractivity contribution in [1.29, 1.82) is 0 Å². The smallest absolute Gasteiger partial charge is 0.332 e. The molecule has 158 valence electrons. The number of aryl methyl sites for hydroxylation is 1. The van der Waals surface area contributed by atoms with Gasteiger partial charge >= 0.3 is 5.69 Å². The molecule has 31 heavy (non-hydrogen) atoms. The van der Waals surface area contributed by atoms with Gasteiger partial charge in [-0.2, -0.15) is 4.98 Å². The molecule has 0 spiro atoms. The third kappa shape index (κ3) is 3.11. The fourth-order valence-corrected chi connectivity index (χ4v) is 4.14. The van der Waals surface area contributed by atoms with Crippen LogP contribution >= 0.6 is 11.6 Å². The molecule has 0 bridgehead atoms. The van der Waals surface area contributed by atoms with Crippen LogP contribution in [0.15, 0.2) is 58.1 Å². The minimum absolute atomic E-state index is 0.165. The summed E-state index contributed by atoms with van der Waals surface area (Å²) in [6.07, 6.45) is 0. The lowest BCUT2D eigenvalue weighted by atomic mass is 10.2. The summed E-state index contributed by atoms with van der Waals surface area (Å²) in [5, 5.41) is 0.602. The molecule has 9 heteroatoms. The van der Waals surface area contributed by atoms with Gasteiger partial charge in [-0.15, -0.1) is 0 Å². The van der Waals surface area contributed by atoms with E-state index in [0.717, 1.165) is 17.0 Å². The quantitative estimate of drug-likeness (QED) is 0.491. The number of fused-ring (bicyclic) bond motifs is 3. The molecule has 0 saturated heterocycles. The first-order chi connectivity index (χ1) is 15.0. The van der Waals surface area contributed by atoms with Gasteiger partial charge in [-0.25, -0.2) is 4.79 Å². The Bertz CT molecular complexity index is 1420. The van der Waals surface area contributed by atoms with Crippen molar-refractivity contribution in [2.24, 2.45) is 7.05 Å². The molecular weight excluding hydrogens is 418 g/mol. The van der Waals surface area contributed by atoms with Crippen LogP contribution in [0.1, 0.15) is 5.56 Å². The third-order valence-electron chi connectivity index (χ3n) is 5.62. The Kier molecular flexibility index (Phi) is 4.59. The van der Waals surface area contributed by atoms with Crippen LogP contribution in [-0.2, 0) is 20.1 Å². The molecule has 0 amide bonds. The van der Waals surface area contributed by atoms with Crippen molar-refractivity contribution in [3.63, 3.8) is 0 Å². The van der Waals surface area contributed by atoms with Gasteiger partial charge in [-0.3, -0.25) is 13.9 Å². The molecular formula is C22H20ClN5O3. The summed E-state index contributed by atoms with van der Waals surface area (Å²) < 4.78 is 9.89. The lowest BCUT2D eigenvalue weighted by Crippen LogP contribution is -2.40. The van der Waals surface area contributed by atoms with Crippen molar-refractivity contribution in [3.8, 4) is 5.75 Å². The number of aromatic nitrogens is 4. The van der Waals surface area contributed by atoms with Gasteiger partial charge < -0.3 is 14.2 Å². The average Bonchev–Trinajstić information content (AvgIpc) is 3.36. The molecule has 5 rings (SSSR count). The first kappa shape index (κ1) is 19.4. The Hall–Kier alpha value is -3.52. The Morgan fingerprint density at radius 2 is 1.87 bits per heavy atom. The van der Waals surface area contributed by atoms with E-state index < -0.39 is 5.69 Å². The van der Waals surface area contributed by atoms with Crippen LogP contribution in [0.25, 0.3) is 11.2 Å². The number of methoxy groups -OCH3 is 1. The van der Waals surface area contributed by atoms with E-state index in [0.29, 0.717) is 35.2 Å². The van der Waals surface area contributed by atoms with E-state index in [1.165, 1.54) is 9.13 Å². The van der Waals surface area contributed by atoms with Gasteiger partial charge in [0.1, 0.15) is 5.75 Å². The lowest BCUT2D eigenvalue weighted by molar-refractivity contribution is 0.415. The van der Waals surface area contributed by atoms with Crippen molar-refractivity contribution >= 4 is 34.4 Å². The van der Waals surface area contributed by atoms with Crippen LogP contribution < -0.4 is 20.9 Å². The zero-order valence-corrected chi connectivity index (χ0v) is 17.8. The van der Waals surface area contributed by atoms with Gasteiger partial charge in [0.25, 0.3) is 5.56 Å². The minimum atomic E-state index is -0.405. The molecule has 3 heterocycles. The SMILES string of the molecule is COc1cccc(N2CCn3c2nc2c3c(=O)n(Cc3ccc(Cl)cc3)c(=O)n2C)c1. The minimum Gasteiger partial charge on any atom is -0.497 e. The molecule has 0 atom stereocenters. The number of hydrogen-bond acceptors (Lipinski definition) is 5. The number of halogens is 1. The van der Waals surface area contributed by atoms with Crippen molar-refractivity contribution in [1.82, 2.24) is 18.7 Å². The fourth-order valence-electron chi connectivity index (χ4n) is 4.01. The second-order valence-electron chi connectivity index (χ2n) is 7.45. The van der Waals surface area contributed by atoms with Gasteiger partial charge in [-0.1, -0.05) is 29.8 Å². The van der Waals surface area contributed by atoms with Crippen molar-refractivity contribution in [2.75, 3.05) is 18.6 Å². The van der Waals surface area contributed by atoms with Crippen LogP contribution in [0.4, 0.5) is 11.6 Å². The summed E-state index contributed by atoms with van der Waals surface area (Å²) in [4.78, 5) is 33.0. The van der Waals surface area contributed by atoms with E-state index in [1.807, 2.05) is 45.9 Å². The fraction of sp³-hybridized carbons (Fsp3) is 0.227. The first-order valence-electron chi connectivity index (χ1n) is 9.84. The number of anilines is 2. The molecule has 1 aliphatic heterocycles. The molecule has 0 aliphatic carbocycles. The van der Waals surface area contributed by atoms with E-state index in [2.05, 4.69) is 4.98 Å². The highest BCUT2D eigenvalue weighted by molar-refractivity contribution is 6.30. The van der Waals surface area contributed by atoms with Crippen LogP contribution in [-0.4, -0.2) is 32.3 Å². The molecule has 1 aliphatic rings. The average molecular weight is 438 g/mol. The molecule has 2 aromatic carbocycles. The topological polar surface area (TPSA) is 74.3 Å². The van der Waals surface area contributed by atoms with E-state index in [1.54, 1.807) is 26.3 Å². The maximum absolute atomic E-state index is 13.4. The predicted molar refractivity (Wildman–Crippen MR) is 120 cm³/mol. The van der Waals surface area contributed by atoms with Gasteiger partial charge in [0.15, 0.2) is 11.2 Å². The standard InChI is InChI=1S/C22H20ClN5O3/c1-25-19-18(20(29)28(22(25)30)13-14-6-8-15(23)9-7-14)27-11-10-26(21(27)24-19)16-4-3-5-17(12-16)31-2/h3-9,12H,10-11,13H2,1-2H3.